The number of carbonyl (C=O) groups is 1. The van der Waals surface area contributed by atoms with E-state index < -0.39 is 4.83 Å². The third kappa shape index (κ3) is 3.90. The lowest BCUT2D eigenvalue weighted by molar-refractivity contribution is -0.115. The van der Waals surface area contributed by atoms with Crippen LogP contribution in [0.1, 0.15) is 10.4 Å². The molecule has 0 aliphatic carbocycles. The Morgan fingerprint density at radius 3 is 2.20 bits per heavy atom. The first-order chi connectivity index (χ1) is 9.58. The molecule has 2 rings (SSSR count). The molecule has 0 fully saturated rings. The molecule has 0 aliphatic rings. The van der Waals surface area contributed by atoms with Crippen LogP contribution in [0.4, 0.5) is 10.1 Å². The molecule has 20 heavy (non-hydrogen) atoms. The van der Waals surface area contributed by atoms with Gasteiger partial charge >= 0.3 is 0 Å². The van der Waals surface area contributed by atoms with Crippen molar-refractivity contribution in [2.45, 2.75) is 9.65 Å². The average Bonchev–Trinajstić information content (AvgIpc) is 2.49. The highest BCUT2D eigenvalue weighted by Gasteiger charge is 2.24. The van der Waals surface area contributed by atoms with Crippen LogP contribution in [0.2, 0.25) is 0 Å². The summed E-state index contributed by atoms with van der Waals surface area (Å²) in [5.74, 6) is -0.525. The van der Waals surface area contributed by atoms with E-state index in [2.05, 4.69) is 37.2 Å². The number of alkyl halides is 2. The fourth-order valence-electron chi connectivity index (χ4n) is 1.68. The summed E-state index contributed by atoms with van der Waals surface area (Å²) in [5.41, 5.74) is 1.57. The predicted molar refractivity (Wildman–Crippen MR) is 85.9 cm³/mol. The fourth-order valence-corrected chi connectivity index (χ4v) is 2.65. The number of amides is 1. The third-order valence-electron chi connectivity index (χ3n) is 2.74. The summed E-state index contributed by atoms with van der Waals surface area (Å²) in [7, 11) is 0. The van der Waals surface area contributed by atoms with Crippen molar-refractivity contribution in [1.29, 1.82) is 0 Å². The molecule has 2 aromatic carbocycles. The summed E-state index contributed by atoms with van der Waals surface area (Å²) in [6.07, 6.45) is 0. The van der Waals surface area contributed by atoms with E-state index in [9.17, 15) is 9.18 Å². The van der Waals surface area contributed by atoms with Crippen LogP contribution in [0, 0.1) is 5.82 Å². The molecule has 1 N–H and O–H groups in total. The highest BCUT2D eigenvalue weighted by Crippen LogP contribution is 2.31. The van der Waals surface area contributed by atoms with E-state index in [-0.39, 0.29) is 16.6 Å². The molecule has 0 bridgehead atoms. The maximum Gasteiger partial charge on any atom is 0.239 e. The maximum atomic E-state index is 12.8. The van der Waals surface area contributed by atoms with Crippen LogP contribution in [0.3, 0.4) is 0 Å². The van der Waals surface area contributed by atoms with E-state index in [0.717, 1.165) is 5.56 Å². The minimum Gasteiger partial charge on any atom is -0.325 e. The van der Waals surface area contributed by atoms with Gasteiger partial charge in [-0.2, -0.15) is 0 Å². The summed E-state index contributed by atoms with van der Waals surface area (Å²) in [6, 6.07) is 15.3. The van der Waals surface area contributed by atoms with Gasteiger partial charge in [-0.05, 0) is 29.8 Å². The molecule has 0 radical (unpaired) electrons. The number of benzene rings is 2. The van der Waals surface area contributed by atoms with Crippen molar-refractivity contribution in [1.82, 2.24) is 0 Å². The van der Waals surface area contributed by atoms with Crippen LogP contribution >= 0.6 is 31.9 Å². The van der Waals surface area contributed by atoms with Gasteiger partial charge in [-0.1, -0.05) is 62.2 Å². The molecular weight excluding hydrogens is 389 g/mol. The standard InChI is InChI=1S/C15H12Br2FNO/c16-13(10-4-2-1-3-5-10)14(17)15(20)19-12-8-6-11(18)7-9-12/h1-9,13-14H,(H,19,20)/t13-,14-/m0/s1. The lowest BCUT2D eigenvalue weighted by atomic mass is 10.1. The molecule has 0 saturated heterocycles. The van der Waals surface area contributed by atoms with Gasteiger partial charge in [-0.25, -0.2) is 4.39 Å². The largest absolute Gasteiger partial charge is 0.325 e. The molecule has 0 aliphatic heterocycles. The van der Waals surface area contributed by atoms with Crippen molar-refractivity contribution in [2.24, 2.45) is 0 Å². The van der Waals surface area contributed by atoms with Crippen molar-refractivity contribution in [3.05, 3.63) is 66.0 Å². The van der Waals surface area contributed by atoms with Crippen molar-refractivity contribution >= 4 is 43.5 Å². The van der Waals surface area contributed by atoms with Crippen LogP contribution in [0.5, 0.6) is 0 Å². The zero-order chi connectivity index (χ0) is 14.5. The normalized spacial score (nSPS) is 13.6. The molecule has 0 spiro atoms. The van der Waals surface area contributed by atoms with Crippen LogP contribution < -0.4 is 5.32 Å². The second kappa shape index (κ2) is 6.99. The molecule has 1 amide bonds. The van der Waals surface area contributed by atoms with Gasteiger partial charge in [0.25, 0.3) is 0 Å². The highest BCUT2D eigenvalue weighted by atomic mass is 79.9. The highest BCUT2D eigenvalue weighted by molar-refractivity contribution is 9.12. The SMILES string of the molecule is O=C(Nc1ccc(F)cc1)[C@@H](Br)[C@@H](Br)c1ccccc1. The third-order valence-corrected chi connectivity index (χ3v) is 5.45. The number of carbonyl (C=O) groups excluding carboxylic acids is 1. The summed E-state index contributed by atoms with van der Waals surface area (Å²) in [5, 5.41) is 2.74. The van der Waals surface area contributed by atoms with Crippen LogP contribution in [-0.4, -0.2) is 10.7 Å². The zero-order valence-electron chi connectivity index (χ0n) is 10.4. The van der Waals surface area contributed by atoms with Crippen molar-refractivity contribution < 1.29 is 9.18 Å². The second-order valence-corrected chi connectivity index (χ2v) is 6.18. The Kier molecular flexibility index (Phi) is 5.31. The van der Waals surface area contributed by atoms with Crippen molar-refractivity contribution in [2.75, 3.05) is 5.32 Å². The van der Waals surface area contributed by atoms with E-state index >= 15 is 0 Å². The molecule has 2 aromatic rings. The van der Waals surface area contributed by atoms with E-state index in [1.807, 2.05) is 30.3 Å². The van der Waals surface area contributed by atoms with Crippen molar-refractivity contribution in [3.63, 3.8) is 0 Å². The minimum atomic E-state index is -0.435. The lowest BCUT2D eigenvalue weighted by Gasteiger charge is -2.17. The summed E-state index contributed by atoms with van der Waals surface area (Å²) in [6.45, 7) is 0. The molecule has 2 nitrogen and oxygen atoms in total. The summed E-state index contributed by atoms with van der Waals surface area (Å²) in [4.78, 5) is 11.5. The Balaban J connectivity index is 2.03. The number of rotatable bonds is 4. The van der Waals surface area contributed by atoms with Gasteiger partial charge in [0.15, 0.2) is 0 Å². The Bertz CT molecular complexity index is 574. The topological polar surface area (TPSA) is 29.1 Å². The van der Waals surface area contributed by atoms with E-state index in [1.54, 1.807) is 0 Å². The monoisotopic (exact) mass is 399 g/mol. The van der Waals surface area contributed by atoms with E-state index in [0.29, 0.717) is 5.69 Å². The first-order valence-corrected chi connectivity index (χ1v) is 7.80. The molecule has 0 aromatic heterocycles. The fraction of sp³-hybridized carbons (Fsp3) is 0.133. The summed E-state index contributed by atoms with van der Waals surface area (Å²) >= 11 is 6.89. The Morgan fingerprint density at radius 1 is 1.00 bits per heavy atom. The molecule has 104 valence electrons. The zero-order valence-corrected chi connectivity index (χ0v) is 13.6. The Labute approximate surface area is 133 Å². The molecule has 0 unspecified atom stereocenters. The average molecular weight is 401 g/mol. The smallest absolute Gasteiger partial charge is 0.239 e. The Morgan fingerprint density at radius 2 is 1.60 bits per heavy atom. The number of hydrogen-bond donors (Lipinski definition) is 1. The molecule has 2 atom stereocenters. The number of halogens is 3. The molecule has 0 saturated carbocycles. The number of anilines is 1. The van der Waals surface area contributed by atoms with Gasteiger partial charge in [0.05, 0.1) is 4.83 Å². The molecule has 0 heterocycles. The quantitative estimate of drug-likeness (QED) is 0.742. The van der Waals surface area contributed by atoms with Gasteiger partial charge in [0.2, 0.25) is 5.91 Å². The van der Waals surface area contributed by atoms with Crippen LogP contribution in [-0.2, 0) is 4.79 Å². The van der Waals surface area contributed by atoms with Crippen LogP contribution in [0.15, 0.2) is 54.6 Å². The van der Waals surface area contributed by atoms with Crippen LogP contribution in [0.25, 0.3) is 0 Å². The van der Waals surface area contributed by atoms with Gasteiger partial charge in [-0.3, -0.25) is 4.79 Å². The minimum absolute atomic E-state index is 0.149. The van der Waals surface area contributed by atoms with Gasteiger partial charge < -0.3 is 5.32 Å². The van der Waals surface area contributed by atoms with Gasteiger partial charge in [-0.15, -0.1) is 0 Å². The molecular formula is C15H12Br2FNO. The summed E-state index contributed by atoms with van der Waals surface area (Å²) < 4.78 is 12.8. The van der Waals surface area contributed by atoms with Gasteiger partial charge in [0.1, 0.15) is 10.6 Å². The molecule has 5 heteroatoms. The predicted octanol–water partition coefficient (Wildman–Crippen LogP) is 4.66. The first-order valence-electron chi connectivity index (χ1n) is 5.97. The number of nitrogens with one attached hydrogen (secondary N) is 1. The Hall–Kier alpha value is -1.20. The van der Waals surface area contributed by atoms with Crippen molar-refractivity contribution in [3.8, 4) is 0 Å². The first kappa shape index (κ1) is 15.2. The second-order valence-electron chi connectivity index (χ2n) is 4.21. The maximum absolute atomic E-state index is 12.8. The lowest BCUT2D eigenvalue weighted by Crippen LogP contribution is -2.26. The van der Waals surface area contributed by atoms with E-state index in [4.69, 9.17) is 0 Å². The van der Waals surface area contributed by atoms with E-state index in [1.165, 1.54) is 24.3 Å². The van der Waals surface area contributed by atoms with Gasteiger partial charge in [0, 0.05) is 5.69 Å². The number of hydrogen-bond acceptors (Lipinski definition) is 1.